The minimum absolute atomic E-state index is 0.00923. The number of rotatable bonds is 4. The van der Waals surface area contributed by atoms with Crippen LogP contribution < -0.4 is 0 Å². The van der Waals surface area contributed by atoms with Crippen LogP contribution in [0.5, 0.6) is 0 Å². The maximum Gasteiger partial charge on any atom is 0.416 e. The van der Waals surface area contributed by atoms with Gasteiger partial charge in [-0.3, -0.25) is 9.59 Å². The molecule has 170 valence electrons. The molecule has 0 N–H and O–H groups in total. The number of hydrogen-bond acceptors (Lipinski definition) is 3. The summed E-state index contributed by atoms with van der Waals surface area (Å²) in [5.41, 5.74) is 3.14. The maximum absolute atomic E-state index is 13.2. The van der Waals surface area contributed by atoms with Gasteiger partial charge in [0.2, 0.25) is 0 Å². The van der Waals surface area contributed by atoms with Crippen molar-refractivity contribution >= 4 is 11.6 Å². The molecule has 3 nitrogen and oxygen atoms in total. The molecule has 6 heteroatoms. The van der Waals surface area contributed by atoms with Crippen LogP contribution in [-0.2, 0) is 20.5 Å². The van der Waals surface area contributed by atoms with E-state index >= 15 is 0 Å². The summed E-state index contributed by atoms with van der Waals surface area (Å²) >= 11 is 0. The average Bonchev–Trinajstić information content (AvgIpc) is 3.01. The van der Waals surface area contributed by atoms with Gasteiger partial charge in [0.05, 0.1) is 5.56 Å². The first-order valence-electron chi connectivity index (χ1n) is 11.1. The fourth-order valence-electron chi connectivity index (χ4n) is 5.19. The molecule has 0 bridgehead atoms. The second-order valence-corrected chi connectivity index (χ2v) is 9.09. The zero-order valence-electron chi connectivity index (χ0n) is 18.3. The molecular formula is C26H27F3O3. The fourth-order valence-corrected chi connectivity index (χ4v) is 5.19. The van der Waals surface area contributed by atoms with Crippen molar-refractivity contribution in [3.05, 3.63) is 58.7 Å². The number of halogens is 3. The van der Waals surface area contributed by atoms with Gasteiger partial charge in [-0.25, -0.2) is 0 Å². The number of benzene rings is 2. The van der Waals surface area contributed by atoms with Gasteiger partial charge >= 0.3 is 6.18 Å². The van der Waals surface area contributed by atoms with Crippen LogP contribution in [0.4, 0.5) is 13.2 Å². The van der Waals surface area contributed by atoms with Crippen LogP contribution in [0.15, 0.2) is 36.4 Å². The molecule has 0 amide bonds. The van der Waals surface area contributed by atoms with Crippen molar-refractivity contribution in [2.75, 3.05) is 13.2 Å². The number of ether oxygens (including phenoxy) is 1. The number of alkyl halides is 3. The Hall–Kier alpha value is -2.47. The Bertz CT molecular complexity index is 995. The van der Waals surface area contributed by atoms with Gasteiger partial charge in [-0.2, -0.15) is 13.2 Å². The van der Waals surface area contributed by atoms with Crippen LogP contribution in [0.3, 0.4) is 0 Å². The number of hydrogen-bond donors (Lipinski definition) is 0. The molecule has 2 aliphatic rings. The molecule has 1 saturated carbocycles. The predicted molar refractivity (Wildman–Crippen MR) is 115 cm³/mol. The van der Waals surface area contributed by atoms with Gasteiger partial charge in [0.1, 0.15) is 11.7 Å². The van der Waals surface area contributed by atoms with E-state index in [1.807, 2.05) is 26.0 Å². The second kappa shape index (κ2) is 8.81. The van der Waals surface area contributed by atoms with E-state index in [0.717, 1.165) is 53.6 Å². The molecule has 0 radical (unpaired) electrons. The quantitative estimate of drug-likeness (QED) is 0.540. The monoisotopic (exact) mass is 444 g/mol. The highest BCUT2D eigenvalue weighted by Gasteiger charge is 2.43. The van der Waals surface area contributed by atoms with Crippen molar-refractivity contribution in [2.24, 2.45) is 11.8 Å². The van der Waals surface area contributed by atoms with Gasteiger partial charge in [0.25, 0.3) is 0 Å². The average molecular weight is 444 g/mol. The Morgan fingerprint density at radius 3 is 2.09 bits per heavy atom. The second-order valence-electron chi connectivity index (χ2n) is 9.09. The van der Waals surface area contributed by atoms with Gasteiger partial charge < -0.3 is 4.74 Å². The maximum atomic E-state index is 13.2. The van der Waals surface area contributed by atoms with Crippen LogP contribution in [0.2, 0.25) is 0 Å². The smallest absolute Gasteiger partial charge is 0.381 e. The van der Waals surface area contributed by atoms with E-state index < -0.39 is 17.7 Å². The van der Waals surface area contributed by atoms with Crippen LogP contribution in [-0.4, -0.2) is 24.8 Å². The molecular weight excluding hydrogens is 417 g/mol. The first-order chi connectivity index (χ1) is 15.1. The molecule has 2 aromatic rings. The van der Waals surface area contributed by atoms with Gasteiger partial charge in [-0.15, -0.1) is 0 Å². The molecule has 2 fully saturated rings. The van der Waals surface area contributed by atoms with Crippen molar-refractivity contribution in [1.29, 1.82) is 0 Å². The summed E-state index contributed by atoms with van der Waals surface area (Å²) in [6.07, 6.45) is -1.48. The van der Waals surface area contributed by atoms with Crippen molar-refractivity contribution in [3.8, 4) is 11.1 Å². The number of Topliss-reactive ketones (excluding diaryl/α,β-unsaturated/α-hetero) is 2. The lowest BCUT2D eigenvalue weighted by Crippen LogP contribution is -2.22. The Morgan fingerprint density at radius 2 is 1.53 bits per heavy atom. The molecule has 2 aromatic carbocycles. The van der Waals surface area contributed by atoms with Crippen LogP contribution in [0.1, 0.15) is 53.9 Å². The van der Waals surface area contributed by atoms with E-state index in [2.05, 4.69) is 0 Å². The third kappa shape index (κ3) is 4.51. The van der Waals surface area contributed by atoms with E-state index in [4.69, 9.17) is 4.74 Å². The summed E-state index contributed by atoms with van der Waals surface area (Å²) in [5, 5.41) is 0. The van der Waals surface area contributed by atoms with Crippen LogP contribution >= 0.6 is 0 Å². The number of carbonyl (C=O) groups is 2. The topological polar surface area (TPSA) is 43.4 Å². The van der Waals surface area contributed by atoms with Crippen molar-refractivity contribution in [1.82, 2.24) is 0 Å². The predicted octanol–water partition coefficient (Wildman–Crippen LogP) is 6.05. The lowest BCUT2D eigenvalue weighted by atomic mass is 9.83. The molecule has 4 rings (SSSR count). The standard InChI is InChI=1S/C26H27F3O3/c1-15-11-19(18-3-5-21(6-4-18)26(27,28)29)12-16(2)23(15)24-22(30)14-20(25(24)31)13-17-7-9-32-10-8-17/h3-6,11-12,17,20,24H,7-10,13-14H2,1-2H3. The summed E-state index contributed by atoms with van der Waals surface area (Å²) in [4.78, 5) is 26.1. The lowest BCUT2D eigenvalue weighted by molar-refractivity contribution is -0.137. The van der Waals surface area contributed by atoms with Crippen molar-refractivity contribution in [2.45, 2.75) is 51.6 Å². The zero-order chi connectivity index (χ0) is 23.0. The number of aryl methyl sites for hydroxylation is 2. The Kier molecular flexibility index (Phi) is 6.26. The summed E-state index contributed by atoms with van der Waals surface area (Å²) in [6, 6.07) is 8.76. The van der Waals surface area contributed by atoms with E-state index in [1.165, 1.54) is 12.1 Å². The highest BCUT2D eigenvalue weighted by atomic mass is 19.4. The summed E-state index contributed by atoms with van der Waals surface area (Å²) in [5.74, 6) is -0.561. The molecule has 2 unspecified atom stereocenters. The van der Waals surface area contributed by atoms with E-state index in [1.54, 1.807) is 0 Å². The molecule has 0 spiro atoms. The highest BCUT2D eigenvalue weighted by Crippen LogP contribution is 2.41. The summed E-state index contributed by atoms with van der Waals surface area (Å²) < 4.78 is 44.0. The van der Waals surface area contributed by atoms with Crippen molar-refractivity contribution in [3.63, 3.8) is 0 Å². The minimum atomic E-state index is -4.38. The molecule has 1 aliphatic carbocycles. The van der Waals surface area contributed by atoms with Gasteiger partial charge in [0.15, 0.2) is 5.78 Å². The van der Waals surface area contributed by atoms with Gasteiger partial charge in [0, 0.05) is 25.6 Å². The zero-order valence-corrected chi connectivity index (χ0v) is 18.3. The summed E-state index contributed by atoms with van der Waals surface area (Å²) in [7, 11) is 0. The van der Waals surface area contributed by atoms with Gasteiger partial charge in [-0.05, 0) is 79.0 Å². The normalized spacial score (nSPS) is 22.5. The van der Waals surface area contributed by atoms with Crippen LogP contribution in [0, 0.1) is 25.7 Å². The lowest BCUT2D eigenvalue weighted by Gasteiger charge is -2.24. The molecule has 2 atom stereocenters. The Balaban J connectivity index is 1.58. The SMILES string of the molecule is Cc1cc(-c2ccc(C(F)(F)F)cc2)cc(C)c1C1C(=O)CC(CC2CCOCC2)C1=O. The van der Waals surface area contributed by atoms with E-state index in [0.29, 0.717) is 31.1 Å². The largest absolute Gasteiger partial charge is 0.416 e. The van der Waals surface area contributed by atoms with E-state index in [-0.39, 0.29) is 17.5 Å². The minimum Gasteiger partial charge on any atom is -0.381 e. The first-order valence-corrected chi connectivity index (χ1v) is 11.1. The molecule has 1 aliphatic heterocycles. The summed E-state index contributed by atoms with van der Waals surface area (Å²) in [6.45, 7) is 5.16. The Morgan fingerprint density at radius 1 is 0.938 bits per heavy atom. The molecule has 1 saturated heterocycles. The fraction of sp³-hybridized carbons (Fsp3) is 0.462. The van der Waals surface area contributed by atoms with E-state index in [9.17, 15) is 22.8 Å². The highest BCUT2D eigenvalue weighted by molar-refractivity contribution is 6.15. The third-order valence-electron chi connectivity index (χ3n) is 6.84. The number of ketones is 2. The number of carbonyl (C=O) groups excluding carboxylic acids is 2. The van der Waals surface area contributed by atoms with Crippen LogP contribution in [0.25, 0.3) is 11.1 Å². The van der Waals surface area contributed by atoms with Gasteiger partial charge in [-0.1, -0.05) is 24.3 Å². The molecule has 1 heterocycles. The van der Waals surface area contributed by atoms with Crippen molar-refractivity contribution < 1.29 is 27.5 Å². The molecule has 32 heavy (non-hydrogen) atoms. The molecule has 0 aromatic heterocycles. The third-order valence-corrected chi connectivity index (χ3v) is 6.84. The Labute approximate surface area is 186 Å². The first kappa shape index (κ1) is 22.7.